The Morgan fingerprint density at radius 2 is 2.06 bits per heavy atom. The molecule has 1 aromatic carbocycles. The van der Waals surface area contributed by atoms with E-state index in [-0.39, 0.29) is 11.9 Å². The summed E-state index contributed by atoms with van der Waals surface area (Å²) in [7, 11) is 0. The van der Waals surface area contributed by atoms with Gasteiger partial charge in [-0.3, -0.25) is 9.69 Å². The zero-order chi connectivity index (χ0) is 11.0. The molecule has 1 aromatic rings. The Balaban J connectivity index is 1.74. The van der Waals surface area contributed by atoms with E-state index in [0.717, 1.165) is 25.9 Å². The molecule has 0 aromatic heterocycles. The highest BCUT2D eigenvalue weighted by atomic mass is 16.2. The topological polar surface area (TPSA) is 32.3 Å². The lowest BCUT2D eigenvalue weighted by Crippen LogP contribution is -2.63. The molecule has 0 radical (unpaired) electrons. The largest absolute Gasteiger partial charge is 0.351 e. The van der Waals surface area contributed by atoms with Crippen LogP contribution in [0.3, 0.4) is 0 Å². The molecule has 3 fully saturated rings. The molecule has 3 nitrogen and oxygen atoms in total. The van der Waals surface area contributed by atoms with Crippen LogP contribution < -0.4 is 5.32 Å². The Bertz CT molecular complexity index is 390. The molecular formula is C13H16N2O. The van der Waals surface area contributed by atoms with Crippen LogP contribution in [-0.4, -0.2) is 29.4 Å². The first kappa shape index (κ1) is 9.85. The minimum absolute atomic E-state index is 0.102. The number of nitrogens with one attached hydrogen (secondary N) is 1. The highest BCUT2D eigenvalue weighted by Crippen LogP contribution is 2.24. The van der Waals surface area contributed by atoms with Gasteiger partial charge < -0.3 is 5.32 Å². The average Bonchev–Trinajstić information content (AvgIpc) is 2.30. The van der Waals surface area contributed by atoms with Gasteiger partial charge in [-0.05, 0) is 18.4 Å². The van der Waals surface area contributed by atoms with E-state index >= 15 is 0 Å². The van der Waals surface area contributed by atoms with Crippen molar-refractivity contribution >= 4 is 5.91 Å². The van der Waals surface area contributed by atoms with Gasteiger partial charge in [0.15, 0.2) is 0 Å². The molecular weight excluding hydrogens is 200 g/mol. The van der Waals surface area contributed by atoms with Gasteiger partial charge in [-0.25, -0.2) is 0 Å². The van der Waals surface area contributed by atoms with Gasteiger partial charge in [0.05, 0.1) is 6.04 Å². The minimum Gasteiger partial charge on any atom is -0.351 e. The van der Waals surface area contributed by atoms with Crippen molar-refractivity contribution in [1.82, 2.24) is 10.2 Å². The highest BCUT2D eigenvalue weighted by Gasteiger charge is 2.39. The van der Waals surface area contributed by atoms with Crippen LogP contribution >= 0.6 is 0 Å². The molecule has 1 N–H and O–H groups in total. The second-order valence-corrected chi connectivity index (χ2v) is 4.71. The summed E-state index contributed by atoms with van der Waals surface area (Å²) in [5, 5.41) is 3.05. The van der Waals surface area contributed by atoms with Crippen LogP contribution in [0.15, 0.2) is 30.3 Å². The van der Waals surface area contributed by atoms with Gasteiger partial charge in [-0.15, -0.1) is 0 Å². The number of hydrogen-bond acceptors (Lipinski definition) is 2. The number of rotatable bonds is 2. The fourth-order valence-electron chi connectivity index (χ4n) is 2.75. The second kappa shape index (κ2) is 3.91. The molecule has 0 unspecified atom stereocenters. The van der Waals surface area contributed by atoms with Crippen LogP contribution in [0.4, 0.5) is 0 Å². The number of hydrogen-bond donors (Lipinski definition) is 1. The maximum absolute atomic E-state index is 11.7. The summed E-state index contributed by atoms with van der Waals surface area (Å²) in [6.45, 7) is 1.90. The number of carbonyl (C=O) groups is 1. The first-order valence-corrected chi connectivity index (χ1v) is 5.91. The zero-order valence-corrected chi connectivity index (χ0v) is 9.23. The smallest absolute Gasteiger partial charge is 0.237 e. The second-order valence-electron chi connectivity index (χ2n) is 4.71. The lowest BCUT2D eigenvalue weighted by molar-refractivity contribution is -0.134. The van der Waals surface area contributed by atoms with Gasteiger partial charge >= 0.3 is 0 Å². The summed E-state index contributed by atoms with van der Waals surface area (Å²) in [5.41, 5.74) is 1.29. The molecule has 16 heavy (non-hydrogen) atoms. The Morgan fingerprint density at radius 3 is 2.75 bits per heavy atom. The van der Waals surface area contributed by atoms with Crippen LogP contribution in [0, 0.1) is 0 Å². The Labute approximate surface area is 95.4 Å². The summed E-state index contributed by atoms with van der Waals surface area (Å²) >= 11 is 0. The van der Waals surface area contributed by atoms with Crippen molar-refractivity contribution < 1.29 is 4.79 Å². The molecule has 0 spiro atoms. The lowest BCUT2D eigenvalue weighted by Gasteiger charge is -2.44. The summed E-state index contributed by atoms with van der Waals surface area (Å²) < 4.78 is 0. The first-order chi connectivity index (χ1) is 7.83. The number of nitrogens with zero attached hydrogens (tertiary/aromatic N) is 1. The molecule has 1 amide bonds. The predicted molar refractivity (Wildman–Crippen MR) is 61.8 cm³/mol. The van der Waals surface area contributed by atoms with Crippen molar-refractivity contribution in [3.05, 3.63) is 35.9 Å². The molecule has 2 atom stereocenters. The maximum atomic E-state index is 11.7. The van der Waals surface area contributed by atoms with Crippen molar-refractivity contribution in [2.75, 3.05) is 6.54 Å². The third kappa shape index (κ3) is 1.71. The monoisotopic (exact) mass is 216 g/mol. The summed E-state index contributed by atoms with van der Waals surface area (Å²) in [4.78, 5) is 14.0. The molecule has 4 rings (SSSR count). The van der Waals surface area contributed by atoms with Crippen molar-refractivity contribution in [3.8, 4) is 0 Å². The molecule has 84 valence electrons. The highest BCUT2D eigenvalue weighted by molar-refractivity contribution is 5.83. The quantitative estimate of drug-likeness (QED) is 0.804. The average molecular weight is 216 g/mol. The zero-order valence-electron chi connectivity index (χ0n) is 9.23. The van der Waals surface area contributed by atoms with Crippen LogP contribution in [-0.2, 0) is 11.3 Å². The van der Waals surface area contributed by atoms with E-state index in [0.29, 0.717) is 6.04 Å². The van der Waals surface area contributed by atoms with Crippen molar-refractivity contribution in [1.29, 1.82) is 0 Å². The van der Waals surface area contributed by atoms with E-state index in [1.807, 2.05) is 6.07 Å². The summed E-state index contributed by atoms with van der Waals surface area (Å²) in [5.74, 6) is 0.221. The van der Waals surface area contributed by atoms with Crippen LogP contribution in [0.1, 0.15) is 18.4 Å². The minimum atomic E-state index is 0.102. The number of benzene rings is 1. The molecule has 3 aliphatic rings. The van der Waals surface area contributed by atoms with E-state index in [4.69, 9.17) is 0 Å². The molecule has 3 heterocycles. The van der Waals surface area contributed by atoms with Crippen LogP contribution in [0.25, 0.3) is 0 Å². The Morgan fingerprint density at radius 1 is 1.25 bits per heavy atom. The van der Waals surface area contributed by atoms with Crippen molar-refractivity contribution in [2.24, 2.45) is 0 Å². The number of amides is 1. The van der Waals surface area contributed by atoms with Gasteiger partial charge in [-0.2, -0.15) is 0 Å². The van der Waals surface area contributed by atoms with Crippen LogP contribution in [0.5, 0.6) is 0 Å². The summed E-state index contributed by atoms with van der Waals surface area (Å²) in [6.07, 6.45) is 2.16. The van der Waals surface area contributed by atoms with E-state index in [1.165, 1.54) is 5.56 Å². The number of carbonyl (C=O) groups excluding carboxylic acids is 1. The van der Waals surface area contributed by atoms with Gasteiger partial charge in [0.1, 0.15) is 0 Å². The number of piperidine rings is 2. The Kier molecular flexibility index (Phi) is 2.40. The first-order valence-electron chi connectivity index (χ1n) is 5.91. The van der Waals surface area contributed by atoms with E-state index in [1.54, 1.807) is 0 Å². The SMILES string of the molecule is O=C1N[C@H]2CC[C@H]1N(Cc1ccccc1)C2. The van der Waals surface area contributed by atoms with Crippen molar-refractivity contribution in [3.63, 3.8) is 0 Å². The fraction of sp³-hybridized carbons (Fsp3) is 0.462. The third-order valence-electron chi connectivity index (χ3n) is 3.56. The van der Waals surface area contributed by atoms with Crippen molar-refractivity contribution in [2.45, 2.75) is 31.5 Å². The third-order valence-corrected chi connectivity index (χ3v) is 3.56. The molecule has 0 aliphatic carbocycles. The fourth-order valence-corrected chi connectivity index (χ4v) is 2.75. The normalized spacial score (nSPS) is 29.1. The van der Waals surface area contributed by atoms with Gasteiger partial charge in [0.2, 0.25) is 5.91 Å². The molecule has 3 aliphatic heterocycles. The van der Waals surface area contributed by atoms with E-state index < -0.39 is 0 Å². The Hall–Kier alpha value is -1.35. The van der Waals surface area contributed by atoms with Gasteiger partial charge in [0.25, 0.3) is 0 Å². The standard InChI is InChI=1S/C13H16N2O/c16-13-12-7-6-11(14-13)9-15(12)8-10-4-2-1-3-5-10/h1-5,11-12H,6-9H2,(H,14,16)/t11-,12+/m0/s1. The van der Waals surface area contributed by atoms with Gasteiger partial charge in [0, 0.05) is 19.1 Å². The van der Waals surface area contributed by atoms with E-state index in [9.17, 15) is 4.79 Å². The lowest BCUT2D eigenvalue weighted by atomic mass is 9.92. The molecule has 0 saturated carbocycles. The molecule has 3 heteroatoms. The molecule has 3 saturated heterocycles. The van der Waals surface area contributed by atoms with Gasteiger partial charge in [-0.1, -0.05) is 30.3 Å². The van der Waals surface area contributed by atoms with Crippen LogP contribution in [0.2, 0.25) is 0 Å². The predicted octanol–water partition coefficient (Wildman–Crippen LogP) is 1.15. The summed E-state index contributed by atoms with van der Waals surface area (Å²) in [6, 6.07) is 10.9. The molecule has 2 bridgehead atoms. The van der Waals surface area contributed by atoms with E-state index in [2.05, 4.69) is 34.5 Å². The maximum Gasteiger partial charge on any atom is 0.237 e. The number of piperazine rings is 1. The number of fused-ring (bicyclic) bond motifs is 3.